The molecule has 0 fully saturated rings. The fourth-order valence-corrected chi connectivity index (χ4v) is 1.68. The summed E-state index contributed by atoms with van der Waals surface area (Å²) < 4.78 is 16.2. The molecule has 0 saturated carbocycles. The van der Waals surface area contributed by atoms with Gasteiger partial charge in [0.2, 0.25) is 5.75 Å². The molecule has 0 aliphatic heterocycles. The van der Waals surface area contributed by atoms with Crippen LogP contribution in [0.1, 0.15) is 17.4 Å². The van der Waals surface area contributed by atoms with Gasteiger partial charge in [0.05, 0.1) is 20.4 Å². The maximum absolute atomic E-state index is 11.2. The molecule has 0 spiro atoms. The number of ether oxygens (including phenoxy) is 3. The summed E-state index contributed by atoms with van der Waals surface area (Å²) in [6.07, 6.45) is 1.49. The zero-order valence-corrected chi connectivity index (χ0v) is 11.5. The lowest BCUT2D eigenvalue weighted by molar-refractivity contribution is 0.101. The topological polar surface area (TPSA) is 57.7 Å². The number of hydrogen-bond acceptors (Lipinski definition) is 5. The molecule has 0 aliphatic carbocycles. The van der Waals surface area contributed by atoms with Gasteiger partial charge in [-0.2, -0.15) is 0 Å². The van der Waals surface area contributed by atoms with Gasteiger partial charge in [-0.05, 0) is 24.3 Å². The molecule has 2 rings (SSSR count). The Kier molecular flexibility index (Phi) is 4.20. The van der Waals surface area contributed by atoms with Crippen LogP contribution in [-0.4, -0.2) is 25.0 Å². The van der Waals surface area contributed by atoms with E-state index in [2.05, 4.69) is 4.98 Å². The Bertz CT molecular complexity index is 586. The molecule has 5 nitrogen and oxygen atoms in total. The zero-order valence-electron chi connectivity index (χ0n) is 11.5. The van der Waals surface area contributed by atoms with E-state index >= 15 is 0 Å². The number of pyridine rings is 1. The highest BCUT2D eigenvalue weighted by Crippen LogP contribution is 2.39. The quantitative estimate of drug-likeness (QED) is 0.783. The first-order valence-corrected chi connectivity index (χ1v) is 6.01. The molecule has 0 radical (unpaired) electrons. The molecule has 0 saturated heterocycles. The van der Waals surface area contributed by atoms with Crippen LogP contribution in [0.15, 0.2) is 36.5 Å². The maximum Gasteiger partial charge on any atom is 0.211 e. The van der Waals surface area contributed by atoms with Crippen LogP contribution < -0.4 is 14.2 Å². The monoisotopic (exact) mass is 273 g/mol. The van der Waals surface area contributed by atoms with Gasteiger partial charge in [0, 0.05) is 6.92 Å². The Morgan fingerprint density at radius 1 is 1.05 bits per heavy atom. The van der Waals surface area contributed by atoms with Crippen molar-refractivity contribution in [1.82, 2.24) is 4.98 Å². The van der Waals surface area contributed by atoms with Crippen molar-refractivity contribution in [2.45, 2.75) is 6.92 Å². The van der Waals surface area contributed by atoms with Crippen LogP contribution in [0.5, 0.6) is 23.0 Å². The second-order valence-corrected chi connectivity index (χ2v) is 4.03. The van der Waals surface area contributed by atoms with Crippen molar-refractivity contribution < 1.29 is 19.0 Å². The van der Waals surface area contributed by atoms with E-state index in [0.29, 0.717) is 28.7 Å². The summed E-state index contributed by atoms with van der Waals surface area (Å²) in [7, 11) is 3.11. The van der Waals surface area contributed by atoms with Crippen LogP contribution in [0.4, 0.5) is 0 Å². The van der Waals surface area contributed by atoms with Crippen molar-refractivity contribution in [1.29, 1.82) is 0 Å². The number of nitrogens with zero attached hydrogens (tertiary/aromatic N) is 1. The molecule has 2 aromatic rings. The highest BCUT2D eigenvalue weighted by atomic mass is 16.5. The molecule has 1 heterocycles. The van der Waals surface area contributed by atoms with Crippen molar-refractivity contribution in [2.24, 2.45) is 0 Å². The minimum atomic E-state index is -0.0913. The normalized spacial score (nSPS) is 9.95. The van der Waals surface area contributed by atoms with Crippen LogP contribution >= 0.6 is 0 Å². The second-order valence-electron chi connectivity index (χ2n) is 4.03. The van der Waals surface area contributed by atoms with Gasteiger partial charge in [-0.15, -0.1) is 0 Å². The number of carbonyl (C=O) groups is 1. The Morgan fingerprint density at radius 3 is 2.15 bits per heavy atom. The van der Waals surface area contributed by atoms with E-state index in [9.17, 15) is 4.79 Å². The lowest BCUT2D eigenvalue weighted by atomic mass is 10.2. The Labute approximate surface area is 117 Å². The third-order valence-electron chi connectivity index (χ3n) is 2.70. The molecule has 5 heteroatoms. The molecule has 1 aromatic heterocycles. The van der Waals surface area contributed by atoms with E-state index < -0.39 is 0 Å². The van der Waals surface area contributed by atoms with Gasteiger partial charge in [-0.3, -0.25) is 4.79 Å². The van der Waals surface area contributed by atoms with Gasteiger partial charge in [-0.25, -0.2) is 4.98 Å². The van der Waals surface area contributed by atoms with Crippen molar-refractivity contribution >= 4 is 5.78 Å². The molecule has 0 aliphatic rings. The average molecular weight is 273 g/mol. The van der Waals surface area contributed by atoms with Crippen LogP contribution in [-0.2, 0) is 0 Å². The fraction of sp³-hybridized carbons (Fsp3) is 0.200. The highest BCUT2D eigenvalue weighted by Gasteiger charge is 2.12. The smallest absolute Gasteiger partial charge is 0.211 e. The molecule has 104 valence electrons. The predicted molar refractivity (Wildman–Crippen MR) is 73.9 cm³/mol. The van der Waals surface area contributed by atoms with E-state index in [4.69, 9.17) is 14.2 Å². The molecule has 0 amide bonds. The summed E-state index contributed by atoms with van der Waals surface area (Å²) in [4.78, 5) is 15.2. The van der Waals surface area contributed by atoms with Gasteiger partial charge in [0.15, 0.2) is 17.3 Å². The summed E-state index contributed by atoms with van der Waals surface area (Å²) in [5, 5.41) is 0. The second kappa shape index (κ2) is 6.06. The number of aromatic nitrogens is 1. The third-order valence-corrected chi connectivity index (χ3v) is 2.70. The summed E-state index contributed by atoms with van der Waals surface area (Å²) in [5.41, 5.74) is 0.393. The third kappa shape index (κ3) is 2.88. The number of benzene rings is 1. The first-order chi connectivity index (χ1) is 9.65. The molecule has 0 atom stereocenters. The van der Waals surface area contributed by atoms with Crippen LogP contribution in [0.2, 0.25) is 0 Å². The van der Waals surface area contributed by atoms with Gasteiger partial charge < -0.3 is 14.2 Å². The number of ketones is 1. The molecule has 0 bridgehead atoms. The molecule has 0 unspecified atom stereocenters. The minimum absolute atomic E-state index is 0.0913. The summed E-state index contributed by atoms with van der Waals surface area (Å²) in [6, 6.07) is 8.64. The number of Topliss-reactive ketones (excluding diaryl/α,β-unsaturated/α-hetero) is 1. The number of rotatable bonds is 5. The van der Waals surface area contributed by atoms with Crippen LogP contribution in [0.25, 0.3) is 0 Å². The molecule has 1 aromatic carbocycles. The largest absolute Gasteiger partial charge is 0.493 e. The number of carbonyl (C=O) groups excluding carboxylic acids is 1. The highest BCUT2D eigenvalue weighted by molar-refractivity contribution is 5.92. The number of methoxy groups -OCH3 is 2. The summed E-state index contributed by atoms with van der Waals surface area (Å²) in [6.45, 7) is 1.46. The molecular formula is C15H15NO4. The van der Waals surface area contributed by atoms with E-state index in [0.717, 1.165) is 0 Å². The predicted octanol–water partition coefficient (Wildman–Crippen LogP) is 3.09. The molecular weight excluding hydrogens is 258 g/mol. The Hall–Kier alpha value is -2.56. The SMILES string of the molecule is COc1cccc(OC)c1Oc1ccc(C(C)=O)nc1. The molecule has 20 heavy (non-hydrogen) atoms. The van der Waals surface area contributed by atoms with E-state index in [1.54, 1.807) is 38.5 Å². The van der Waals surface area contributed by atoms with Crippen molar-refractivity contribution in [3.8, 4) is 23.0 Å². The zero-order chi connectivity index (χ0) is 14.5. The van der Waals surface area contributed by atoms with E-state index in [1.807, 2.05) is 6.07 Å². The van der Waals surface area contributed by atoms with Gasteiger partial charge >= 0.3 is 0 Å². The standard InChI is InChI=1S/C15H15NO4/c1-10(17)12-8-7-11(9-16-12)20-15-13(18-2)5-4-6-14(15)19-3/h4-9H,1-3H3. The molecule has 0 N–H and O–H groups in total. The van der Waals surface area contributed by atoms with Crippen molar-refractivity contribution in [2.75, 3.05) is 14.2 Å². The van der Waals surface area contributed by atoms with Crippen molar-refractivity contribution in [3.05, 3.63) is 42.2 Å². The van der Waals surface area contributed by atoms with Crippen LogP contribution in [0.3, 0.4) is 0 Å². The maximum atomic E-state index is 11.2. The fourth-order valence-electron chi connectivity index (χ4n) is 1.68. The van der Waals surface area contributed by atoms with Gasteiger partial charge in [0.1, 0.15) is 11.4 Å². The lowest BCUT2D eigenvalue weighted by Crippen LogP contribution is -1.97. The van der Waals surface area contributed by atoms with Gasteiger partial charge in [0.25, 0.3) is 0 Å². The summed E-state index contributed by atoms with van der Waals surface area (Å²) >= 11 is 0. The lowest BCUT2D eigenvalue weighted by Gasteiger charge is -2.13. The Balaban J connectivity index is 2.31. The van der Waals surface area contributed by atoms with E-state index in [-0.39, 0.29) is 5.78 Å². The van der Waals surface area contributed by atoms with Crippen molar-refractivity contribution in [3.63, 3.8) is 0 Å². The van der Waals surface area contributed by atoms with Gasteiger partial charge in [-0.1, -0.05) is 6.07 Å². The average Bonchev–Trinajstić information content (AvgIpc) is 2.48. The first kappa shape index (κ1) is 13.9. The summed E-state index contributed by atoms with van der Waals surface area (Å²) in [5.74, 6) is 1.99. The van der Waals surface area contributed by atoms with E-state index in [1.165, 1.54) is 13.1 Å². The number of para-hydroxylation sites is 1. The number of hydrogen-bond donors (Lipinski definition) is 0. The minimum Gasteiger partial charge on any atom is -0.493 e. The van der Waals surface area contributed by atoms with Crippen LogP contribution in [0, 0.1) is 0 Å². The Morgan fingerprint density at radius 2 is 1.70 bits per heavy atom. The first-order valence-electron chi connectivity index (χ1n) is 6.01.